The highest BCUT2D eigenvalue weighted by Crippen LogP contribution is 2.23. The van der Waals surface area contributed by atoms with Gasteiger partial charge in [-0.1, -0.05) is 12.1 Å². The molecule has 2 aromatic rings. The molecule has 1 aliphatic heterocycles. The van der Waals surface area contributed by atoms with Crippen molar-refractivity contribution in [3.05, 3.63) is 48.3 Å². The number of benzene rings is 1. The van der Waals surface area contributed by atoms with Gasteiger partial charge in [0.2, 0.25) is 0 Å². The van der Waals surface area contributed by atoms with Crippen LogP contribution in [-0.2, 0) is 0 Å². The van der Waals surface area contributed by atoms with E-state index in [0.29, 0.717) is 31.5 Å². The maximum Gasteiger partial charge on any atom is 0.255 e. The number of hydrogen-bond acceptors (Lipinski definition) is 4. The van der Waals surface area contributed by atoms with Crippen molar-refractivity contribution in [3.8, 4) is 16.9 Å². The molecule has 23 heavy (non-hydrogen) atoms. The van der Waals surface area contributed by atoms with E-state index in [1.807, 2.05) is 30.3 Å². The second kappa shape index (κ2) is 6.79. The summed E-state index contributed by atoms with van der Waals surface area (Å²) in [6, 6.07) is 9.52. The van der Waals surface area contributed by atoms with Crippen molar-refractivity contribution in [2.75, 3.05) is 20.2 Å². The Morgan fingerprint density at radius 1 is 1.17 bits per heavy atom. The molecule has 2 heterocycles. The molecule has 1 aromatic heterocycles. The zero-order valence-corrected chi connectivity index (χ0v) is 13.1. The second-order valence-corrected chi connectivity index (χ2v) is 5.71. The van der Waals surface area contributed by atoms with E-state index in [2.05, 4.69) is 4.98 Å². The lowest BCUT2D eigenvalue weighted by Crippen LogP contribution is -2.40. The van der Waals surface area contributed by atoms with Gasteiger partial charge >= 0.3 is 0 Å². The van der Waals surface area contributed by atoms with E-state index in [1.54, 1.807) is 24.4 Å². The number of nitrogens with zero attached hydrogens (tertiary/aromatic N) is 2. The Morgan fingerprint density at radius 2 is 1.87 bits per heavy atom. The SMILES string of the molecule is COc1ccc(-c2cncc(C(=O)N3CCC(O)CC3)c2)cc1. The topological polar surface area (TPSA) is 62.7 Å². The van der Waals surface area contributed by atoms with Crippen LogP contribution in [0, 0.1) is 0 Å². The number of rotatable bonds is 3. The highest BCUT2D eigenvalue weighted by Gasteiger charge is 2.22. The van der Waals surface area contributed by atoms with Gasteiger partial charge in [-0.05, 0) is 36.6 Å². The minimum Gasteiger partial charge on any atom is -0.497 e. The molecule has 5 nitrogen and oxygen atoms in total. The van der Waals surface area contributed by atoms with E-state index in [-0.39, 0.29) is 12.0 Å². The van der Waals surface area contributed by atoms with Crippen LogP contribution in [0.3, 0.4) is 0 Å². The monoisotopic (exact) mass is 312 g/mol. The van der Waals surface area contributed by atoms with Gasteiger partial charge in [0.25, 0.3) is 5.91 Å². The fourth-order valence-corrected chi connectivity index (χ4v) is 2.75. The van der Waals surface area contributed by atoms with Gasteiger partial charge in [-0.15, -0.1) is 0 Å². The van der Waals surface area contributed by atoms with Crippen LogP contribution < -0.4 is 4.74 Å². The summed E-state index contributed by atoms with van der Waals surface area (Å²) in [7, 11) is 1.63. The summed E-state index contributed by atoms with van der Waals surface area (Å²) in [4.78, 5) is 18.6. The minimum absolute atomic E-state index is 0.0280. The Morgan fingerprint density at radius 3 is 2.52 bits per heavy atom. The summed E-state index contributed by atoms with van der Waals surface area (Å²) in [5.74, 6) is 0.764. The van der Waals surface area contributed by atoms with Crippen molar-refractivity contribution in [2.45, 2.75) is 18.9 Å². The fraction of sp³-hybridized carbons (Fsp3) is 0.333. The molecule has 0 saturated carbocycles. The summed E-state index contributed by atoms with van der Waals surface area (Å²) in [5, 5.41) is 9.55. The Hall–Kier alpha value is -2.40. The summed E-state index contributed by atoms with van der Waals surface area (Å²) in [6.07, 6.45) is 4.33. The first-order chi connectivity index (χ1) is 11.2. The second-order valence-electron chi connectivity index (χ2n) is 5.71. The molecule has 0 aliphatic carbocycles. The van der Waals surface area contributed by atoms with Crippen LogP contribution in [0.15, 0.2) is 42.7 Å². The molecule has 1 N–H and O–H groups in total. The first-order valence-electron chi connectivity index (χ1n) is 7.74. The van der Waals surface area contributed by atoms with Crippen molar-refractivity contribution < 1.29 is 14.6 Å². The van der Waals surface area contributed by atoms with Gasteiger partial charge in [0.1, 0.15) is 5.75 Å². The number of piperidine rings is 1. The van der Waals surface area contributed by atoms with Gasteiger partial charge in [0.05, 0.1) is 18.8 Å². The van der Waals surface area contributed by atoms with Crippen LogP contribution in [0.2, 0.25) is 0 Å². The molecule has 1 aromatic carbocycles. The van der Waals surface area contributed by atoms with Crippen molar-refractivity contribution in [2.24, 2.45) is 0 Å². The van der Waals surface area contributed by atoms with Crippen LogP contribution >= 0.6 is 0 Å². The van der Waals surface area contributed by atoms with Crippen molar-refractivity contribution >= 4 is 5.91 Å². The summed E-state index contributed by atoms with van der Waals surface area (Å²) >= 11 is 0. The first kappa shape index (κ1) is 15.5. The molecule has 120 valence electrons. The third-order valence-corrected chi connectivity index (χ3v) is 4.16. The molecule has 1 aliphatic rings. The average Bonchev–Trinajstić information content (AvgIpc) is 2.62. The molecule has 5 heteroatoms. The third kappa shape index (κ3) is 3.51. The number of amides is 1. The fourth-order valence-electron chi connectivity index (χ4n) is 2.75. The van der Waals surface area contributed by atoms with Crippen LogP contribution in [0.25, 0.3) is 11.1 Å². The Balaban J connectivity index is 1.80. The summed E-state index contributed by atoms with van der Waals surface area (Å²) < 4.78 is 5.16. The molecule has 1 fully saturated rings. The summed E-state index contributed by atoms with van der Waals surface area (Å²) in [6.45, 7) is 1.18. The van der Waals surface area contributed by atoms with E-state index < -0.39 is 0 Å². The highest BCUT2D eigenvalue weighted by molar-refractivity contribution is 5.95. The van der Waals surface area contributed by atoms with Gasteiger partial charge < -0.3 is 14.7 Å². The number of aromatic nitrogens is 1. The van der Waals surface area contributed by atoms with Crippen molar-refractivity contribution in [3.63, 3.8) is 0 Å². The lowest BCUT2D eigenvalue weighted by atomic mass is 10.0. The predicted octanol–water partition coefficient (Wildman–Crippen LogP) is 2.35. The molecular weight excluding hydrogens is 292 g/mol. The highest BCUT2D eigenvalue weighted by atomic mass is 16.5. The van der Waals surface area contributed by atoms with E-state index in [9.17, 15) is 9.90 Å². The van der Waals surface area contributed by atoms with Crippen LogP contribution in [0.1, 0.15) is 23.2 Å². The number of methoxy groups -OCH3 is 1. The number of ether oxygens (including phenoxy) is 1. The molecule has 0 unspecified atom stereocenters. The van der Waals surface area contributed by atoms with E-state index in [0.717, 1.165) is 16.9 Å². The molecular formula is C18H20N2O3. The van der Waals surface area contributed by atoms with Gasteiger partial charge in [0.15, 0.2) is 0 Å². The van der Waals surface area contributed by atoms with Gasteiger partial charge in [-0.3, -0.25) is 9.78 Å². The Labute approximate surface area is 135 Å². The number of likely N-dealkylation sites (tertiary alicyclic amines) is 1. The van der Waals surface area contributed by atoms with Crippen molar-refractivity contribution in [1.82, 2.24) is 9.88 Å². The number of carbonyl (C=O) groups is 1. The Kier molecular flexibility index (Phi) is 4.57. The van der Waals surface area contributed by atoms with Gasteiger partial charge in [-0.2, -0.15) is 0 Å². The maximum absolute atomic E-state index is 12.6. The van der Waals surface area contributed by atoms with E-state index in [1.165, 1.54) is 0 Å². The first-order valence-corrected chi connectivity index (χ1v) is 7.74. The van der Waals surface area contributed by atoms with E-state index in [4.69, 9.17) is 4.74 Å². The number of hydrogen-bond donors (Lipinski definition) is 1. The zero-order chi connectivity index (χ0) is 16.2. The smallest absolute Gasteiger partial charge is 0.255 e. The van der Waals surface area contributed by atoms with E-state index >= 15 is 0 Å². The number of pyridine rings is 1. The van der Waals surface area contributed by atoms with Gasteiger partial charge in [-0.25, -0.2) is 0 Å². The molecule has 0 atom stereocenters. The molecule has 0 spiro atoms. The molecule has 1 amide bonds. The molecule has 1 saturated heterocycles. The normalized spacial score (nSPS) is 15.5. The molecule has 0 radical (unpaired) electrons. The number of carbonyl (C=O) groups excluding carboxylic acids is 1. The summed E-state index contributed by atoms with van der Waals surface area (Å²) in [5.41, 5.74) is 2.47. The maximum atomic E-state index is 12.6. The predicted molar refractivity (Wildman–Crippen MR) is 87.4 cm³/mol. The largest absolute Gasteiger partial charge is 0.497 e. The minimum atomic E-state index is -0.289. The lowest BCUT2D eigenvalue weighted by molar-refractivity contribution is 0.0546. The van der Waals surface area contributed by atoms with Crippen molar-refractivity contribution in [1.29, 1.82) is 0 Å². The van der Waals surface area contributed by atoms with Crippen LogP contribution in [0.4, 0.5) is 0 Å². The number of aliphatic hydroxyl groups excluding tert-OH is 1. The Bertz CT molecular complexity index is 677. The zero-order valence-electron chi connectivity index (χ0n) is 13.1. The standard InChI is InChI=1S/C18H20N2O3/c1-23-17-4-2-13(3-5-17)14-10-15(12-19-11-14)18(22)20-8-6-16(21)7-9-20/h2-5,10-12,16,21H,6-9H2,1H3. The quantitative estimate of drug-likeness (QED) is 0.945. The molecule has 3 rings (SSSR count). The average molecular weight is 312 g/mol. The lowest BCUT2D eigenvalue weighted by Gasteiger charge is -2.29. The van der Waals surface area contributed by atoms with Gasteiger partial charge in [0, 0.05) is 31.0 Å². The van der Waals surface area contributed by atoms with Crippen LogP contribution in [0.5, 0.6) is 5.75 Å². The molecule has 0 bridgehead atoms. The third-order valence-electron chi connectivity index (χ3n) is 4.16. The van der Waals surface area contributed by atoms with Crippen LogP contribution in [-0.4, -0.2) is 47.2 Å². The number of aliphatic hydroxyl groups is 1.